The smallest absolute Gasteiger partial charge is 0.212 e. The molecule has 0 bridgehead atoms. The third-order valence-electron chi connectivity index (χ3n) is 6.74. The highest BCUT2D eigenvalue weighted by molar-refractivity contribution is 6.16. The number of fused-ring (bicyclic) bond motifs is 1. The normalized spacial score (nSPS) is 22.1. The van der Waals surface area contributed by atoms with Crippen LogP contribution in [0.25, 0.3) is 5.57 Å². The van der Waals surface area contributed by atoms with Gasteiger partial charge in [-0.1, -0.05) is 37.3 Å². The highest BCUT2D eigenvalue weighted by Gasteiger charge is 2.29. The summed E-state index contributed by atoms with van der Waals surface area (Å²) in [4.78, 5) is 15.6. The SMILES string of the molecule is C=C1C(N)=C(NN2CCC(CCCN3CCCCC3)CC2)C(=O)c2ccccc21. The van der Waals surface area contributed by atoms with Crippen molar-refractivity contribution in [3.8, 4) is 0 Å². The highest BCUT2D eigenvalue weighted by Crippen LogP contribution is 2.31. The zero-order valence-electron chi connectivity index (χ0n) is 17.5. The molecule has 0 spiro atoms. The quantitative estimate of drug-likeness (QED) is 0.773. The predicted octanol–water partition coefficient (Wildman–Crippen LogP) is 3.55. The van der Waals surface area contributed by atoms with Crippen LogP contribution in [-0.4, -0.2) is 48.4 Å². The molecule has 0 amide bonds. The van der Waals surface area contributed by atoms with Crippen LogP contribution < -0.4 is 11.2 Å². The molecule has 2 fully saturated rings. The maximum absolute atomic E-state index is 12.9. The largest absolute Gasteiger partial charge is 0.396 e. The van der Waals surface area contributed by atoms with Crippen molar-refractivity contribution in [2.75, 3.05) is 32.7 Å². The summed E-state index contributed by atoms with van der Waals surface area (Å²) in [6, 6.07) is 7.57. The third kappa shape index (κ3) is 4.57. The van der Waals surface area contributed by atoms with E-state index >= 15 is 0 Å². The van der Waals surface area contributed by atoms with Gasteiger partial charge in [0.1, 0.15) is 5.70 Å². The molecule has 0 aromatic heterocycles. The van der Waals surface area contributed by atoms with Crippen molar-refractivity contribution in [3.63, 3.8) is 0 Å². The molecule has 156 valence electrons. The van der Waals surface area contributed by atoms with E-state index in [4.69, 9.17) is 5.73 Å². The topological polar surface area (TPSA) is 61.6 Å². The molecule has 2 aliphatic heterocycles. The summed E-state index contributed by atoms with van der Waals surface area (Å²) in [5.74, 6) is 0.760. The van der Waals surface area contributed by atoms with E-state index in [0.717, 1.165) is 30.1 Å². The van der Waals surface area contributed by atoms with Crippen LogP contribution in [0.3, 0.4) is 0 Å². The first-order valence-corrected chi connectivity index (χ1v) is 11.2. The van der Waals surface area contributed by atoms with Crippen molar-refractivity contribution in [2.45, 2.75) is 44.9 Å². The summed E-state index contributed by atoms with van der Waals surface area (Å²) in [5.41, 5.74) is 12.8. The van der Waals surface area contributed by atoms with Crippen molar-refractivity contribution in [1.29, 1.82) is 0 Å². The minimum atomic E-state index is -0.0332. The molecule has 3 N–H and O–H groups in total. The molecule has 1 aromatic rings. The van der Waals surface area contributed by atoms with Gasteiger partial charge in [-0.2, -0.15) is 0 Å². The van der Waals surface area contributed by atoms with Gasteiger partial charge in [-0.3, -0.25) is 4.79 Å². The lowest BCUT2D eigenvalue weighted by Gasteiger charge is -2.35. The third-order valence-corrected chi connectivity index (χ3v) is 6.74. The number of hydrazine groups is 1. The van der Waals surface area contributed by atoms with Gasteiger partial charge >= 0.3 is 0 Å². The molecule has 29 heavy (non-hydrogen) atoms. The van der Waals surface area contributed by atoms with E-state index < -0.39 is 0 Å². The number of Topliss-reactive ketones (excluding diaryl/α,β-unsaturated/α-hetero) is 1. The number of ketones is 1. The van der Waals surface area contributed by atoms with Crippen molar-refractivity contribution < 1.29 is 4.79 Å². The maximum atomic E-state index is 12.9. The Morgan fingerprint density at radius 2 is 1.72 bits per heavy atom. The standard InChI is InChI=1S/C24H34N4O/c1-18-20-9-3-4-10-21(20)24(29)23(22(18)25)26-28-16-11-19(12-17-28)8-7-15-27-13-5-2-6-14-27/h3-4,9-10,19,26H,1-2,5-8,11-17,25H2. The van der Waals surface area contributed by atoms with Gasteiger partial charge < -0.3 is 16.1 Å². The Bertz CT molecular complexity index is 786. The molecule has 0 radical (unpaired) electrons. The van der Waals surface area contributed by atoms with Crippen LogP contribution in [0.2, 0.25) is 0 Å². The van der Waals surface area contributed by atoms with Gasteiger partial charge in [0.2, 0.25) is 5.78 Å². The molecule has 2 heterocycles. The van der Waals surface area contributed by atoms with Gasteiger partial charge in [-0.15, -0.1) is 0 Å². The van der Waals surface area contributed by atoms with E-state index in [1.165, 1.54) is 64.6 Å². The fraction of sp³-hybridized carbons (Fsp3) is 0.542. The average Bonchev–Trinajstić information content (AvgIpc) is 2.77. The van der Waals surface area contributed by atoms with Crippen LogP contribution in [0.15, 0.2) is 42.2 Å². The first kappa shape index (κ1) is 20.2. The zero-order chi connectivity index (χ0) is 20.2. The number of nitrogens with one attached hydrogen (secondary N) is 1. The molecule has 1 aliphatic carbocycles. The second kappa shape index (κ2) is 9.14. The van der Waals surface area contributed by atoms with Crippen LogP contribution in [0.4, 0.5) is 0 Å². The van der Waals surface area contributed by atoms with E-state index in [1.807, 2.05) is 24.3 Å². The minimum absolute atomic E-state index is 0.0332. The van der Waals surface area contributed by atoms with Crippen molar-refractivity contribution in [3.05, 3.63) is 53.4 Å². The first-order valence-electron chi connectivity index (χ1n) is 11.2. The Hall–Kier alpha value is -2.11. The average molecular weight is 395 g/mol. The molecule has 5 nitrogen and oxygen atoms in total. The van der Waals surface area contributed by atoms with E-state index in [-0.39, 0.29) is 5.78 Å². The molecule has 1 aromatic carbocycles. The molecule has 4 rings (SSSR count). The molecule has 2 saturated heterocycles. The molecule has 0 atom stereocenters. The van der Waals surface area contributed by atoms with Crippen LogP contribution in [-0.2, 0) is 0 Å². The van der Waals surface area contributed by atoms with Crippen LogP contribution >= 0.6 is 0 Å². The summed E-state index contributed by atoms with van der Waals surface area (Å²) in [5, 5.41) is 2.16. The lowest BCUT2D eigenvalue weighted by atomic mass is 9.88. The van der Waals surface area contributed by atoms with Crippen LogP contribution in [0.5, 0.6) is 0 Å². The highest BCUT2D eigenvalue weighted by atomic mass is 16.1. The molecular formula is C24H34N4O. The predicted molar refractivity (Wildman–Crippen MR) is 118 cm³/mol. The zero-order valence-corrected chi connectivity index (χ0v) is 17.5. The Labute approximate surface area is 174 Å². The van der Waals surface area contributed by atoms with Gasteiger partial charge in [-0.05, 0) is 69.6 Å². The lowest BCUT2D eigenvalue weighted by molar-refractivity contribution is 0.0950. The van der Waals surface area contributed by atoms with Gasteiger partial charge in [0.15, 0.2) is 0 Å². The summed E-state index contributed by atoms with van der Waals surface area (Å²) >= 11 is 0. The fourth-order valence-corrected chi connectivity index (χ4v) is 4.89. The summed E-state index contributed by atoms with van der Waals surface area (Å²) < 4.78 is 0. The number of allylic oxidation sites excluding steroid dienone is 2. The Balaban J connectivity index is 1.27. The summed E-state index contributed by atoms with van der Waals surface area (Å²) in [7, 11) is 0. The lowest BCUT2D eigenvalue weighted by Crippen LogP contribution is -2.46. The number of hydrogen-bond acceptors (Lipinski definition) is 5. The van der Waals surface area contributed by atoms with Crippen LogP contribution in [0, 0.1) is 5.92 Å². The minimum Gasteiger partial charge on any atom is -0.396 e. The number of nitrogens with two attached hydrogens (primary N) is 1. The number of piperidine rings is 2. The molecule has 3 aliphatic rings. The van der Waals surface area contributed by atoms with Gasteiger partial charge in [0.05, 0.1) is 5.70 Å². The Morgan fingerprint density at radius 1 is 1.03 bits per heavy atom. The molecule has 0 saturated carbocycles. The van der Waals surface area contributed by atoms with E-state index in [9.17, 15) is 4.79 Å². The number of hydrogen-bond donors (Lipinski definition) is 2. The molecular weight excluding hydrogens is 360 g/mol. The Kier molecular flexibility index (Phi) is 6.36. The van der Waals surface area contributed by atoms with Crippen molar-refractivity contribution in [2.24, 2.45) is 11.7 Å². The molecule has 0 unspecified atom stereocenters. The summed E-state index contributed by atoms with van der Waals surface area (Å²) in [6.45, 7) is 9.85. The van der Waals surface area contributed by atoms with Gasteiger partial charge in [0.25, 0.3) is 0 Å². The maximum Gasteiger partial charge on any atom is 0.212 e. The number of carbonyl (C=O) groups excluding carboxylic acids is 1. The Morgan fingerprint density at radius 3 is 2.45 bits per heavy atom. The number of likely N-dealkylation sites (tertiary alicyclic amines) is 1. The van der Waals surface area contributed by atoms with Crippen LogP contribution in [0.1, 0.15) is 60.9 Å². The second-order valence-corrected chi connectivity index (χ2v) is 8.73. The molecule has 5 heteroatoms. The first-order chi connectivity index (χ1) is 14.1. The van der Waals surface area contributed by atoms with Crippen molar-refractivity contribution >= 4 is 11.4 Å². The van der Waals surface area contributed by atoms with E-state index in [1.54, 1.807) is 0 Å². The monoisotopic (exact) mass is 394 g/mol. The van der Waals surface area contributed by atoms with Gasteiger partial charge in [0, 0.05) is 24.2 Å². The number of benzene rings is 1. The van der Waals surface area contributed by atoms with E-state index in [2.05, 4.69) is 21.9 Å². The summed E-state index contributed by atoms with van der Waals surface area (Å²) in [6.07, 6.45) is 9.13. The number of carbonyl (C=O) groups is 1. The van der Waals surface area contributed by atoms with Gasteiger partial charge in [-0.25, -0.2) is 5.01 Å². The number of nitrogens with zero attached hydrogens (tertiary/aromatic N) is 2. The fourth-order valence-electron chi connectivity index (χ4n) is 4.89. The van der Waals surface area contributed by atoms with E-state index in [0.29, 0.717) is 17.0 Å². The number of rotatable bonds is 6. The second-order valence-electron chi connectivity index (χ2n) is 8.73. The van der Waals surface area contributed by atoms with Crippen molar-refractivity contribution in [1.82, 2.24) is 15.3 Å².